The summed E-state index contributed by atoms with van der Waals surface area (Å²) < 4.78 is 38.9. The number of hydrogen-bond acceptors (Lipinski definition) is 5. The van der Waals surface area contributed by atoms with E-state index in [0.717, 1.165) is 11.0 Å². The molecule has 0 radical (unpaired) electrons. The van der Waals surface area contributed by atoms with Crippen LogP contribution in [-0.2, 0) is 24.5 Å². The molecule has 1 heterocycles. The molecule has 102 valence electrons. The minimum absolute atomic E-state index is 0.193. The van der Waals surface area contributed by atoms with Gasteiger partial charge < -0.3 is 9.64 Å². The quantitative estimate of drug-likeness (QED) is 0.421. The third kappa shape index (κ3) is 3.52. The Morgan fingerprint density at radius 2 is 2.22 bits per heavy atom. The van der Waals surface area contributed by atoms with E-state index in [2.05, 4.69) is 4.74 Å². The molecule has 18 heavy (non-hydrogen) atoms. The van der Waals surface area contributed by atoms with Gasteiger partial charge in [-0.15, -0.1) is 3.89 Å². The van der Waals surface area contributed by atoms with Gasteiger partial charge in [0.1, 0.15) is 5.25 Å². The maximum absolute atomic E-state index is 12.8. The van der Waals surface area contributed by atoms with Crippen molar-refractivity contribution in [3.8, 4) is 0 Å². The summed E-state index contributed by atoms with van der Waals surface area (Å²) in [6.07, 6.45) is 0.668. The van der Waals surface area contributed by atoms with Gasteiger partial charge in [-0.1, -0.05) is 0 Å². The van der Waals surface area contributed by atoms with E-state index in [1.165, 1.54) is 6.92 Å². The number of ether oxygens (including phenoxy) is 1. The van der Waals surface area contributed by atoms with E-state index < -0.39 is 33.8 Å². The lowest BCUT2D eigenvalue weighted by molar-refractivity contribution is -0.137. The summed E-state index contributed by atoms with van der Waals surface area (Å²) in [6.45, 7) is 3.01. The second-order valence-corrected chi connectivity index (χ2v) is 5.46. The van der Waals surface area contributed by atoms with Crippen LogP contribution in [0.4, 0.5) is 3.89 Å². The summed E-state index contributed by atoms with van der Waals surface area (Å²) >= 11 is 0. The Balaban J connectivity index is 2.80. The second-order valence-electron chi connectivity index (χ2n) is 3.84. The minimum Gasteiger partial charge on any atom is -0.463 e. The van der Waals surface area contributed by atoms with Gasteiger partial charge in [0.2, 0.25) is 5.91 Å². The maximum Gasteiger partial charge on any atom is 0.332 e. The molecule has 8 heteroatoms. The SMILES string of the molecule is CCOC(=O)C=C(C)N1CC(S(=O)(=O)F)CC1=O. The van der Waals surface area contributed by atoms with E-state index in [0.29, 0.717) is 0 Å². The van der Waals surface area contributed by atoms with Gasteiger partial charge in [-0.2, -0.15) is 8.42 Å². The molecular weight excluding hydrogens is 265 g/mol. The van der Waals surface area contributed by atoms with Crippen molar-refractivity contribution in [1.29, 1.82) is 0 Å². The van der Waals surface area contributed by atoms with Gasteiger partial charge in [-0.3, -0.25) is 4.79 Å². The molecule has 0 N–H and O–H groups in total. The molecule has 1 atom stereocenters. The summed E-state index contributed by atoms with van der Waals surface area (Å²) in [5.41, 5.74) is 0.240. The van der Waals surface area contributed by atoms with E-state index in [1.807, 2.05) is 0 Å². The van der Waals surface area contributed by atoms with Crippen LogP contribution in [-0.4, -0.2) is 43.6 Å². The summed E-state index contributed by atoms with van der Waals surface area (Å²) in [7, 11) is -4.75. The van der Waals surface area contributed by atoms with Crippen LogP contribution < -0.4 is 0 Å². The molecule has 0 aliphatic carbocycles. The molecular formula is C10H14FNO5S. The van der Waals surface area contributed by atoms with Crippen molar-refractivity contribution in [2.75, 3.05) is 13.2 Å². The number of carbonyl (C=O) groups is 2. The van der Waals surface area contributed by atoms with Crippen LogP contribution in [0.25, 0.3) is 0 Å². The van der Waals surface area contributed by atoms with Gasteiger partial charge in [0.25, 0.3) is 0 Å². The first-order valence-electron chi connectivity index (χ1n) is 5.34. The Labute approximate surface area is 105 Å². The van der Waals surface area contributed by atoms with Crippen LogP contribution >= 0.6 is 0 Å². The zero-order valence-corrected chi connectivity index (χ0v) is 10.9. The van der Waals surface area contributed by atoms with E-state index in [9.17, 15) is 21.9 Å². The summed E-state index contributed by atoms with van der Waals surface area (Å²) in [6, 6.07) is 0. The molecule has 1 rings (SSSR count). The summed E-state index contributed by atoms with van der Waals surface area (Å²) in [5.74, 6) is -1.16. The van der Waals surface area contributed by atoms with E-state index in [-0.39, 0.29) is 18.8 Å². The molecule has 0 bridgehead atoms. The first-order chi connectivity index (χ1) is 8.25. The predicted octanol–water partition coefficient (Wildman–Crippen LogP) is 0.354. The Morgan fingerprint density at radius 3 is 2.67 bits per heavy atom. The monoisotopic (exact) mass is 279 g/mol. The number of rotatable bonds is 4. The summed E-state index contributed by atoms with van der Waals surface area (Å²) in [4.78, 5) is 23.7. The van der Waals surface area contributed by atoms with E-state index in [1.54, 1.807) is 6.92 Å². The van der Waals surface area contributed by atoms with Gasteiger partial charge in [0, 0.05) is 24.7 Å². The number of carbonyl (C=O) groups excluding carboxylic acids is 2. The Hall–Kier alpha value is -1.44. The zero-order chi connectivity index (χ0) is 13.9. The molecule has 1 fully saturated rings. The molecule has 6 nitrogen and oxygen atoms in total. The van der Waals surface area contributed by atoms with Crippen molar-refractivity contribution in [2.24, 2.45) is 0 Å². The highest BCUT2D eigenvalue weighted by atomic mass is 32.3. The lowest BCUT2D eigenvalue weighted by Gasteiger charge is -2.16. The summed E-state index contributed by atoms with van der Waals surface area (Å²) in [5, 5.41) is -1.37. The van der Waals surface area contributed by atoms with Gasteiger partial charge in [0.15, 0.2) is 0 Å². The highest BCUT2D eigenvalue weighted by molar-refractivity contribution is 7.87. The fourth-order valence-electron chi connectivity index (χ4n) is 1.64. The van der Waals surface area contributed by atoms with Crippen LogP contribution in [0, 0.1) is 0 Å². The van der Waals surface area contributed by atoms with Crippen molar-refractivity contribution in [3.05, 3.63) is 11.8 Å². The molecule has 0 aromatic rings. The lowest BCUT2D eigenvalue weighted by Crippen LogP contribution is -2.26. The molecule has 1 aliphatic heterocycles. The number of halogens is 1. The van der Waals surface area contributed by atoms with Crippen molar-refractivity contribution < 1.29 is 26.6 Å². The number of likely N-dealkylation sites (tertiary alicyclic amines) is 1. The van der Waals surface area contributed by atoms with Crippen molar-refractivity contribution in [3.63, 3.8) is 0 Å². The topological polar surface area (TPSA) is 80.8 Å². The van der Waals surface area contributed by atoms with Gasteiger partial charge >= 0.3 is 16.2 Å². The number of amides is 1. The molecule has 0 aromatic heterocycles. The maximum atomic E-state index is 12.8. The highest BCUT2D eigenvalue weighted by Gasteiger charge is 2.39. The minimum atomic E-state index is -4.75. The fraction of sp³-hybridized carbons (Fsp3) is 0.600. The third-order valence-electron chi connectivity index (χ3n) is 2.53. The van der Waals surface area contributed by atoms with Crippen molar-refractivity contribution in [1.82, 2.24) is 4.90 Å². The standard InChI is InChI=1S/C10H14FNO5S/c1-3-17-10(14)4-7(2)12-6-8(5-9(12)13)18(11,15)16/h4,8H,3,5-6H2,1-2H3. The zero-order valence-electron chi connectivity index (χ0n) is 10.1. The van der Waals surface area contributed by atoms with Crippen LogP contribution in [0.3, 0.4) is 0 Å². The second kappa shape index (κ2) is 5.47. The van der Waals surface area contributed by atoms with Gasteiger partial charge in [-0.25, -0.2) is 4.79 Å². The molecule has 1 aliphatic rings. The predicted molar refractivity (Wildman–Crippen MR) is 60.5 cm³/mol. The van der Waals surface area contributed by atoms with Crippen LogP contribution in [0.5, 0.6) is 0 Å². The Bertz CT molecular complexity index is 484. The van der Waals surface area contributed by atoms with E-state index >= 15 is 0 Å². The Kier molecular flexibility index (Phi) is 4.44. The van der Waals surface area contributed by atoms with Crippen LogP contribution in [0.1, 0.15) is 20.3 Å². The molecule has 1 amide bonds. The number of hydrogen-bond donors (Lipinski definition) is 0. The number of allylic oxidation sites excluding steroid dienone is 1. The van der Waals surface area contributed by atoms with Crippen molar-refractivity contribution in [2.45, 2.75) is 25.5 Å². The van der Waals surface area contributed by atoms with Crippen LogP contribution in [0.2, 0.25) is 0 Å². The average Bonchev–Trinajstić information content (AvgIpc) is 2.60. The van der Waals surface area contributed by atoms with E-state index in [4.69, 9.17) is 0 Å². The lowest BCUT2D eigenvalue weighted by atomic mass is 10.4. The first kappa shape index (κ1) is 14.6. The fourth-order valence-corrected chi connectivity index (χ4v) is 2.31. The molecule has 1 saturated heterocycles. The molecule has 0 saturated carbocycles. The number of esters is 1. The largest absolute Gasteiger partial charge is 0.463 e. The average molecular weight is 279 g/mol. The normalized spacial score (nSPS) is 21.3. The Morgan fingerprint density at radius 1 is 1.61 bits per heavy atom. The highest BCUT2D eigenvalue weighted by Crippen LogP contribution is 2.23. The first-order valence-corrected chi connectivity index (χ1v) is 6.79. The smallest absolute Gasteiger partial charge is 0.332 e. The van der Waals surface area contributed by atoms with Crippen LogP contribution in [0.15, 0.2) is 11.8 Å². The van der Waals surface area contributed by atoms with Gasteiger partial charge in [0.05, 0.1) is 6.61 Å². The van der Waals surface area contributed by atoms with Gasteiger partial charge in [-0.05, 0) is 13.8 Å². The molecule has 0 spiro atoms. The van der Waals surface area contributed by atoms with Crippen molar-refractivity contribution >= 4 is 22.1 Å². The third-order valence-corrected chi connectivity index (χ3v) is 3.64. The molecule has 1 unspecified atom stereocenters. The molecule has 0 aromatic carbocycles. The number of nitrogens with zero attached hydrogens (tertiary/aromatic N) is 1.